The molecule has 4 nitrogen and oxygen atoms in total. The SMILES string of the molecule is C[C@@H](OCc1cccc(C2=CC(N)NN2c2ccc(F)cc2)c1)C(F)(F)F. The van der Waals surface area contributed by atoms with E-state index in [0.29, 0.717) is 11.3 Å². The van der Waals surface area contributed by atoms with Gasteiger partial charge in [-0.05, 0) is 54.5 Å². The largest absolute Gasteiger partial charge is 0.414 e. The zero-order valence-electron chi connectivity index (χ0n) is 14.5. The standard InChI is InChI=1S/C19H19F4N3O/c1-12(19(21,22)23)27-11-13-3-2-4-14(9-13)17-10-18(24)25-26(17)16-7-5-15(20)6-8-16/h2-10,12,18,25H,11,24H2,1H3/t12-,18?/m1/s1. The molecule has 1 aliphatic heterocycles. The van der Waals surface area contributed by atoms with E-state index in [4.69, 9.17) is 10.5 Å². The Hall–Kier alpha value is -2.42. The highest BCUT2D eigenvalue weighted by molar-refractivity contribution is 5.81. The molecule has 3 N–H and O–H groups in total. The van der Waals surface area contributed by atoms with E-state index in [-0.39, 0.29) is 12.4 Å². The van der Waals surface area contributed by atoms with Crippen LogP contribution in [0.3, 0.4) is 0 Å². The molecule has 0 radical (unpaired) electrons. The first kappa shape index (κ1) is 19.3. The third-order valence-corrected chi connectivity index (χ3v) is 4.13. The van der Waals surface area contributed by atoms with Crippen molar-refractivity contribution in [2.45, 2.75) is 32.0 Å². The first-order valence-corrected chi connectivity index (χ1v) is 8.31. The lowest BCUT2D eigenvalue weighted by molar-refractivity contribution is -0.217. The molecule has 0 aromatic heterocycles. The average molecular weight is 381 g/mol. The highest BCUT2D eigenvalue weighted by Gasteiger charge is 2.36. The third-order valence-electron chi connectivity index (χ3n) is 4.13. The molecule has 0 spiro atoms. The van der Waals surface area contributed by atoms with Crippen LogP contribution in [0.25, 0.3) is 5.70 Å². The number of rotatable bonds is 5. The molecule has 0 bridgehead atoms. The lowest BCUT2D eigenvalue weighted by Gasteiger charge is -2.24. The Balaban J connectivity index is 1.80. The molecule has 8 heteroatoms. The van der Waals surface area contributed by atoms with Crippen molar-refractivity contribution in [3.05, 3.63) is 71.6 Å². The number of alkyl halides is 3. The highest BCUT2D eigenvalue weighted by Crippen LogP contribution is 2.29. The van der Waals surface area contributed by atoms with Crippen LogP contribution in [-0.2, 0) is 11.3 Å². The second-order valence-electron chi connectivity index (χ2n) is 6.21. The molecule has 1 heterocycles. The summed E-state index contributed by atoms with van der Waals surface area (Å²) in [6, 6.07) is 12.9. The van der Waals surface area contributed by atoms with E-state index in [1.165, 1.54) is 12.1 Å². The van der Waals surface area contributed by atoms with Crippen molar-refractivity contribution in [1.82, 2.24) is 5.43 Å². The number of anilines is 1. The maximum absolute atomic E-state index is 13.2. The van der Waals surface area contributed by atoms with E-state index in [9.17, 15) is 17.6 Å². The molecule has 1 unspecified atom stereocenters. The van der Waals surface area contributed by atoms with Crippen LogP contribution in [0, 0.1) is 5.82 Å². The minimum atomic E-state index is -4.40. The number of hydrogen-bond donors (Lipinski definition) is 2. The number of benzene rings is 2. The molecular weight excluding hydrogens is 362 g/mol. The van der Waals surface area contributed by atoms with Crippen molar-refractivity contribution in [2.24, 2.45) is 5.73 Å². The van der Waals surface area contributed by atoms with Crippen molar-refractivity contribution in [3.8, 4) is 0 Å². The highest BCUT2D eigenvalue weighted by atomic mass is 19.4. The summed E-state index contributed by atoms with van der Waals surface area (Å²) in [5, 5.41) is 1.71. The van der Waals surface area contributed by atoms with E-state index in [1.54, 1.807) is 41.4 Å². The summed E-state index contributed by atoms with van der Waals surface area (Å²) in [5.74, 6) is -0.356. The molecule has 2 atom stereocenters. The van der Waals surface area contributed by atoms with Crippen molar-refractivity contribution >= 4 is 11.4 Å². The van der Waals surface area contributed by atoms with Gasteiger partial charge in [-0.15, -0.1) is 0 Å². The second-order valence-corrected chi connectivity index (χ2v) is 6.21. The lowest BCUT2D eigenvalue weighted by atomic mass is 10.1. The molecule has 2 aromatic rings. The van der Waals surface area contributed by atoms with Crippen molar-refractivity contribution in [1.29, 1.82) is 0 Å². The van der Waals surface area contributed by atoms with E-state index in [0.717, 1.165) is 18.2 Å². The summed E-state index contributed by atoms with van der Waals surface area (Å²) in [4.78, 5) is 0. The fraction of sp³-hybridized carbons (Fsp3) is 0.263. The Labute approximate surface area is 154 Å². The van der Waals surface area contributed by atoms with Crippen LogP contribution in [0.4, 0.5) is 23.2 Å². The monoisotopic (exact) mass is 381 g/mol. The number of hydrogen-bond acceptors (Lipinski definition) is 4. The van der Waals surface area contributed by atoms with Gasteiger partial charge in [0.1, 0.15) is 5.82 Å². The van der Waals surface area contributed by atoms with Crippen molar-refractivity contribution in [2.75, 3.05) is 5.01 Å². The van der Waals surface area contributed by atoms with Crippen LogP contribution in [0.5, 0.6) is 0 Å². The van der Waals surface area contributed by atoms with Crippen LogP contribution < -0.4 is 16.2 Å². The molecule has 0 amide bonds. The normalized spacial score (nSPS) is 18.5. The molecule has 0 saturated heterocycles. The Morgan fingerprint density at radius 2 is 1.89 bits per heavy atom. The Morgan fingerprint density at radius 1 is 1.19 bits per heavy atom. The molecule has 3 rings (SSSR count). The molecule has 0 fully saturated rings. The smallest absolute Gasteiger partial charge is 0.364 e. The Bertz CT molecular complexity index is 820. The first-order valence-electron chi connectivity index (χ1n) is 8.31. The lowest BCUT2D eigenvalue weighted by Crippen LogP contribution is -2.41. The van der Waals surface area contributed by atoms with Crippen LogP contribution in [0.15, 0.2) is 54.6 Å². The van der Waals surface area contributed by atoms with Gasteiger partial charge in [-0.2, -0.15) is 13.2 Å². The predicted molar refractivity (Wildman–Crippen MR) is 94.7 cm³/mol. The number of nitrogens with zero attached hydrogens (tertiary/aromatic N) is 1. The number of ether oxygens (including phenoxy) is 1. The third kappa shape index (κ3) is 4.65. The molecule has 1 aliphatic rings. The zero-order valence-corrected chi connectivity index (χ0v) is 14.5. The fourth-order valence-electron chi connectivity index (χ4n) is 2.67. The summed E-state index contributed by atoms with van der Waals surface area (Å²) in [5.41, 5.74) is 11.8. The summed E-state index contributed by atoms with van der Waals surface area (Å²) in [6.07, 6.45) is -4.92. The van der Waals surface area contributed by atoms with Gasteiger partial charge < -0.3 is 10.5 Å². The van der Waals surface area contributed by atoms with Crippen LogP contribution in [0.1, 0.15) is 18.1 Å². The molecule has 144 valence electrons. The number of nitrogens with two attached hydrogens (primary N) is 1. The van der Waals surface area contributed by atoms with E-state index >= 15 is 0 Å². The van der Waals surface area contributed by atoms with Gasteiger partial charge in [-0.25, -0.2) is 9.82 Å². The van der Waals surface area contributed by atoms with E-state index in [2.05, 4.69) is 5.43 Å². The maximum atomic E-state index is 13.2. The number of halogens is 4. The summed E-state index contributed by atoms with van der Waals surface area (Å²) in [7, 11) is 0. The van der Waals surface area contributed by atoms with Gasteiger partial charge in [0.2, 0.25) is 0 Å². The van der Waals surface area contributed by atoms with Crippen LogP contribution in [-0.4, -0.2) is 18.4 Å². The second kappa shape index (κ2) is 7.67. The Morgan fingerprint density at radius 3 is 2.56 bits per heavy atom. The van der Waals surface area contributed by atoms with Gasteiger partial charge in [0.25, 0.3) is 0 Å². The van der Waals surface area contributed by atoms with E-state index in [1.807, 2.05) is 6.07 Å². The minimum Gasteiger partial charge on any atom is -0.364 e. The van der Waals surface area contributed by atoms with Crippen molar-refractivity contribution < 1.29 is 22.3 Å². The quantitative estimate of drug-likeness (QED) is 0.771. The topological polar surface area (TPSA) is 50.5 Å². The van der Waals surface area contributed by atoms with Gasteiger partial charge in [-0.3, -0.25) is 5.01 Å². The molecule has 2 aromatic carbocycles. The fourth-order valence-corrected chi connectivity index (χ4v) is 2.67. The summed E-state index contributed by atoms with van der Waals surface area (Å²) >= 11 is 0. The minimum absolute atomic E-state index is 0.169. The van der Waals surface area contributed by atoms with Gasteiger partial charge in [0, 0.05) is 0 Å². The predicted octanol–water partition coefficient (Wildman–Crippen LogP) is 3.94. The van der Waals surface area contributed by atoms with Gasteiger partial charge in [0.05, 0.1) is 24.2 Å². The summed E-state index contributed by atoms with van der Waals surface area (Å²) in [6.45, 7) is 0.806. The van der Waals surface area contributed by atoms with E-state index < -0.39 is 18.4 Å². The number of nitrogens with one attached hydrogen (secondary N) is 1. The van der Waals surface area contributed by atoms with Crippen LogP contribution in [0.2, 0.25) is 0 Å². The van der Waals surface area contributed by atoms with Gasteiger partial charge in [-0.1, -0.05) is 18.2 Å². The molecular formula is C19H19F4N3O. The van der Waals surface area contributed by atoms with Gasteiger partial charge in [0.15, 0.2) is 6.10 Å². The van der Waals surface area contributed by atoms with Crippen LogP contribution >= 0.6 is 0 Å². The summed E-state index contributed by atoms with van der Waals surface area (Å²) < 4.78 is 55.9. The first-order chi connectivity index (χ1) is 12.7. The average Bonchev–Trinajstić information content (AvgIpc) is 3.01. The van der Waals surface area contributed by atoms with Crippen molar-refractivity contribution in [3.63, 3.8) is 0 Å². The van der Waals surface area contributed by atoms with Gasteiger partial charge >= 0.3 is 6.18 Å². The molecule has 0 saturated carbocycles. The maximum Gasteiger partial charge on any atom is 0.414 e. The zero-order chi connectivity index (χ0) is 19.6. The number of hydrazine groups is 1. The molecule has 27 heavy (non-hydrogen) atoms. The molecule has 0 aliphatic carbocycles. The Kier molecular flexibility index (Phi) is 5.50.